The van der Waals surface area contributed by atoms with Crippen molar-refractivity contribution < 1.29 is 9.53 Å². The van der Waals surface area contributed by atoms with Gasteiger partial charge in [-0.15, -0.1) is 6.42 Å². The number of halogens is 1. The molecular formula is C12H12BrNO2. The van der Waals surface area contributed by atoms with Crippen LogP contribution in [0.25, 0.3) is 0 Å². The molecule has 0 aromatic heterocycles. The monoisotopic (exact) mass is 281 g/mol. The number of methoxy groups -OCH3 is 1. The molecule has 0 spiro atoms. The average molecular weight is 282 g/mol. The summed E-state index contributed by atoms with van der Waals surface area (Å²) in [6.07, 6.45) is 5.15. The van der Waals surface area contributed by atoms with Crippen molar-refractivity contribution in [1.29, 1.82) is 0 Å². The molecule has 0 aliphatic rings. The molecule has 1 N–H and O–H groups in total. The molecular weight excluding hydrogens is 270 g/mol. The van der Waals surface area contributed by atoms with E-state index in [4.69, 9.17) is 11.2 Å². The van der Waals surface area contributed by atoms with Crippen LogP contribution in [-0.4, -0.2) is 19.6 Å². The summed E-state index contributed by atoms with van der Waals surface area (Å²) in [5, 5.41) is 2.93. The minimum absolute atomic E-state index is 0.315. The minimum Gasteiger partial charge on any atom is -0.468 e. The van der Waals surface area contributed by atoms with E-state index in [0.29, 0.717) is 6.54 Å². The van der Waals surface area contributed by atoms with E-state index >= 15 is 0 Å². The van der Waals surface area contributed by atoms with Gasteiger partial charge in [-0.2, -0.15) is 0 Å². The highest BCUT2D eigenvalue weighted by atomic mass is 79.9. The van der Waals surface area contributed by atoms with Crippen molar-refractivity contribution in [2.75, 3.05) is 13.7 Å². The van der Waals surface area contributed by atoms with Crippen molar-refractivity contribution in [2.24, 2.45) is 0 Å². The molecule has 0 saturated carbocycles. The molecule has 1 aromatic carbocycles. The van der Waals surface area contributed by atoms with Gasteiger partial charge in [0.2, 0.25) is 0 Å². The zero-order valence-electron chi connectivity index (χ0n) is 8.87. The van der Waals surface area contributed by atoms with Gasteiger partial charge >= 0.3 is 5.97 Å². The zero-order valence-corrected chi connectivity index (χ0v) is 10.5. The second-order valence-corrected chi connectivity index (χ2v) is 4.01. The van der Waals surface area contributed by atoms with E-state index < -0.39 is 6.04 Å². The van der Waals surface area contributed by atoms with Gasteiger partial charge in [0.1, 0.15) is 6.04 Å². The largest absolute Gasteiger partial charge is 0.468 e. The first-order valence-corrected chi connectivity index (χ1v) is 5.48. The van der Waals surface area contributed by atoms with Crippen LogP contribution in [0.1, 0.15) is 11.6 Å². The SMILES string of the molecule is C#CCNC(C(=O)OC)c1ccc(Br)cc1. The number of carbonyl (C=O) groups excluding carboxylic acids is 1. The van der Waals surface area contributed by atoms with Crippen LogP contribution in [-0.2, 0) is 9.53 Å². The Morgan fingerprint density at radius 3 is 2.69 bits per heavy atom. The topological polar surface area (TPSA) is 38.3 Å². The summed E-state index contributed by atoms with van der Waals surface area (Å²) in [6, 6.07) is 6.89. The van der Waals surface area contributed by atoms with Crippen LogP contribution in [0.5, 0.6) is 0 Å². The lowest BCUT2D eigenvalue weighted by atomic mass is 10.1. The van der Waals surface area contributed by atoms with Crippen LogP contribution in [0.4, 0.5) is 0 Å². The molecule has 0 saturated heterocycles. The number of benzene rings is 1. The summed E-state index contributed by atoms with van der Waals surface area (Å²) >= 11 is 3.33. The highest BCUT2D eigenvalue weighted by molar-refractivity contribution is 9.10. The third-order valence-corrected chi connectivity index (χ3v) is 2.58. The summed E-state index contributed by atoms with van der Waals surface area (Å²) < 4.78 is 5.67. The third-order valence-electron chi connectivity index (χ3n) is 2.05. The molecule has 1 rings (SSSR count). The van der Waals surface area contributed by atoms with Crippen molar-refractivity contribution in [3.63, 3.8) is 0 Å². The number of nitrogens with one attached hydrogen (secondary N) is 1. The first-order valence-electron chi connectivity index (χ1n) is 4.69. The van der Waals surface area contributed by atoms with Crippen LogP contribution >= 0.6 is 15.9 Å². The third kappa shape index (κ3) is 3.37. The van der Waals surface area contributed by atoms with E-state index in [2.05, 4.69) is 27.2 Å². The second-order valence-electron chi connectivity index (χ2n) is 3.09. The molecule has 0 fully saturated rings. The molecule has 84 valence electrons. The fourth-order valence-corrected chi connectivity index (χ4v) is 1.54. The summed E-state index contributed by atoms with van der Waals surface area (Å²) in [7, 11) is 1.35. The van der Waals surface area contributed by atoms with E-state index in [9.17, 15) is 4.79 Å². The Morgan fingerprint density at radius 2 is 2.19 bits per heavy atom. The molecule has 0 aliphatic heterocycles. The Bertz CT molecular complexity index is 394. The second kappa shape index (κ2) is 6.31. The predicted molar refractivity (Wildman–Crippen MR) is 65.7 cm³/mol. The fourth-order valence-electron chi connectivity index (χ4n) is 1.27. The molecule has 1 aromatic rings. The van der Waals surface area contributed by atoms with E-state index in [0.717, 1.165) is 10.0 Å². The molecule has 16 heavy (non-hydrogen) atoms. The molecule has 3 nitrogen and oxygen atoms in total. The van der Waals surface area contributed by atoms with Gasteiger partial charge in [0.15, 0.2) is 0 Å². The quantitative estimate of drug-likeness (QED) is 0.677. The number of esters is 1. The highest BCUT2D eigenvalue weighted by Crippen LogP contribution is 2.17. The molecule has 0 heterocycles. The van der Waals surface area contributed by atoms with Crippen LogP contribution in [0.15, 0.2) is 28.7 Å². The number of rotatable bonds is 4. The van der Waals surface area contributed by atoms with Gasteiger partial charge in [0, 0.05) is 4.47 Å². The van der Waals surface area contributed by atoms with Gasteiger partial charge in [-0.25, -0.2) is 4.79 Å². The van der Waals surface area contributed by atoms with Crippen molar-refractivity contribution >= 4 is 21.9 Å². The first kappa shape index (κ1) is 12.8. The highest BCUT2D eigenvalue weighted by Gasteiger charge is 2.19. The molecule has 0 bridgehead atoms. The van der Waals surface area contributed by atoms with Gasteiger partial charge in [0.05, 0.1) is 13.7 Å². The zero-order chi connectivity index (χ0) is 12.0. The first-order chi connectivity index (χ1) is 7.69. The van der Waals surface area contributed by atoms with Crippen molar-refractivity contribution in [2.45, 2.75) is 6.04 Å². The summed E-state index contributed by atoms with van der Waals surface area (Å²) in [6.45, 7) is 0.315. The summed E-state index contributed by atoms with van der Waals surface area (Å²) in [5.74, 6) is 2.08. The van der Waals surface area contributed by atoms with Crippen molar-refractivity contribution in [3.05, 3.63) is 34.3 Å². The number of hydrogen-bond acceptors (Lipinski definition) is 3. The number of hydrogen-bond donors (Lipinski definition) is 1. The molecule has 4 heteroatoms. The predicted octanol–water partition coefficient (Wildman–Crippen LogP) is 1.89. The number of ether oxygens (including phenoxy) is 1. The van der Waals surface area contributed by atoms with Crippen LogP contribution < -0.4 is 5.32 Å². The maximum atomic E-state index is 11.5. The van der Waals surface area contributed by atoms with Gasteiger partial charge in [-0.05, 0) is 17.7 Å². The van der Waals surface area contributed by atoms with Gasteiger partial charge in [-0.3, -0.25) is 5.32 Å². The van der Waals surface area contributed by atoms with Crippen LogP contribution in [0, 0.1) is 12.3 Å². The van der Waals surface area contributed by atoms with Crippen molar-refractivity contribution in [1.82, 2.24) is 5.32 Å². The lowest BCUT2D eigenvalue weighted by Crippen LogP contribution is -2.29. The summed E-state index contributed by atoms with van der Waals surface area (Å²) in [5.41, 5.74) is 0.824. The minimum atomic E-state index is -0.519. The normalized spacial score (nSPS) is 11.6. The number of carbonyl (C=O) groups is 1. The smallest absolute Gasteiger partial charge is 0.327 e. The maximum absolute atomic E-state index is 11.5. The Labute approximate surface area is 103 Å². The van der Waals surface area contributed by atoms with Gasteiger partial charge in [0.25, 0.3) is 0 Å². The molecule has 0 aliphatic carbocycles. The Morgan fingerprint density at radius 1 is 1.56 bits per heavy atom. The molecule has 0 amide bonds. The lowest BCUT2D eigenvalue weighted by Gasteiger charge is -2.15. The number of terminal acetylenes is 1. The van der Waals surface area contributed by atoms with E-state index in [-0.39, 0.29) is 5.97 Å². The van der Waals surface area contributed by atoms with Gasteiger partial charge < -0.3 is 4.74 Å². The Balaban J connectivity index is 2.88. The van der Waals surface area contributed by atoms with Crippen LogP contribution in [0.2, 0.25) is 0 Å². The molecule has 1 atom stereocenters. The molecule has 0 radical (unpaired) electrons. The van der Waals surface area contributed by atoms with E-state index in [1.165, 1.54) is 7.11 Å². The Kier molecular flexibility index (Phi) is 5.03. The lowest BCUT2D eigenvalue weighted by molar-refractivity contribution is -0.143. The van der Waals surface area contributed by atoms with Crippen molar-refractivity contribution in [3.8, 4) is 12.3 Å². The van der Waals surface area contributed by atoms with E-state index in [1.54, 1.807) is 0 Å². The van der Waals surface area contributed by atoms with E-state index in [1.807, 2.05) is 24.3 Å². The van der Waals surface area contributed by atoms with Gasteiger partial charge in [-0.1, -0.05) is 34.0 Å². The average Bonchev–Trinajstić information content (AvgIpc) is 2.31. The molecule has 1 unspecified atom stereocenters. The Hall–Kier alpha value is -1.31. The maximum Gasteiger partial charge on any atom is 0.327 e. The fraction of sp³-hybridized carbons (Fsp3) is 0.250. The van der Waals surface area contributed by atoms with Crippen LogP contribution in [0.3, 0.4) is 0 Å². The standard InChI is InChI=1S/C12H12BrNO2/c1-3-8-14-11(12(15)16-2)9-4-6-10(13)7-5-9/h1,4-7,11,14H,8H2,2H3. The summed E-state index contributed by atoms with van der Waals surface area (Å²) in [4.78, 5) is 11.5.